The predicted octanol–water partition coefficient (Wildman–Crippen LogP) is 2.28. The van der Waals surface area contributed by atoms with Gasteiger partial charge < -0.3 is 15.4 Å². The third-order valence-electron chi connectivity index (χ3n) is 4.24. The van der Waals surface area contributed by atoms with E-state index in [1.54, 1.807) is 19.2 Å². The van der Waals surface area contributed by atoms with Crippen molar-refractivity contribution in [2.45, 2.75) is 51.1 Å². The second kappa shape index (κ2) is 8.28. The Bertz CT molecular complexity index is 589. The van der Waals surface area contributed by atoms with Crippen LogP contribution >= 0.6 is 0 Å². The van der Waals surface area contributed by atoms with E-state index in [-0.39, 0.29) is 18.0 Å². The minimum atomic E-state index is -0.386. The Labute approximate surface area is 136 Å². The molecular weight excluding hydrogens is 292 g/mol. The van der Waals surface area contributed by atoms with Gasteiger partial charge in [-0.15, -0.1) is 0 Å². The summed E-state index contributed by atoms with van der Waals surface area (Å²) >= 11 is 0. The molecule has 6 heteroatoms. The molecule has 2 N–H and O–H groups in total. The number of nitriles is 1. The summed E-state index contributed by atoms with van der Waals surface area (Å²) < 4.78 is 0. The highest BCUT2D eigenvalue weighted by Gasteiger charge is 2.23. The van der Waals surface area contributed by atoms with Crippen LogP contribution in [-0.2, 0) is 4.79 Å². The second-order valence-electron chi connectivity index (χ2n) is 6.01. The summed E-state index contributed by atoms with van der Waals surface area (Å²) in [6.07, 6.45) is 8.41. The molecule has 1 aliphatic carbocycles. The highest BCUT2D eigenvalue weighted by molar-refractivity contribution is 5.99. The van der Waals surface area contributed by atoms with Crippen LogP contribution in [0, 0.1) is 17.2 Å². The van der Waals surface area contributed by atoms with Crippen LogP contribution in [0.15, 0.2) is 18.5 Å². The standard InChI is InChI=1S/C17H22N4O2/c1-12(10-18)20-16-6-8-19-11-15(16)17(23)21-14-4-2-13(3-5-14)7-9-22/h6,8-9,11-14H,2-5,7H2,1H3,(H,19,20)(H,21,23). The summed E-state index contributed by atoms with van der Waals surface area (Å²) in [5.74, 6) is 0.275. The summed E-state index contributed by atoms with van der Waals surface area (Å²) in [6.45, 7) is 1.73. The zero-order chi connectivity index (χ0) is 16.7. The van der Waals surface area contributed by atoms with E-state index in [0.29, 0.717) is 23.6 Å². The molecule has 0 aliphatic heterocycles. The number of nitrogens with one attached hydrogen (secondary N) is 2. The molecule has 6 nitrogen and oxygen atoms in total. The first-order chi connectivity index (χ1) is 11.1. The van der Waals surface area contributed by atoms with Gasteiger partial charge in [0.2, 0.25) is 0 Å². The molecule has 0 bridgehead atoms. The smallest absolute Gasteiger partial charge is 0.255 e. The summed E-state index contributed by atoms with van der Waals surface area (Å²) in [6, 6.07) is 3.53. The number of rotatable bonds is 6. The van der Waals surface area contributed by atoms with E-state index in [0.717, 1.165) is 32.0 Å². The largest absolute Gasteiger partial charge is 0.369 e. The van der Waals surface area contributed by atoms with E-state index in [9.17, 15) is 9.59 Å². The third-order valence-corrected chi connectivity index (χ3v) is 4.24. The summed E-state index contributed by atoms with van der Waals surface area (Å²) in [4.78, 5) is 27.0. The second-order valence-corrected chi connectivity index (χ2v) is 6.01. The Morgan fingerprint density at radius 3 is 2.87 bits per heavy atom. The third kappa shape index (κ3) is 4.78. The number of hydrogen-bond acceptors (Lipinski definition) is 5. The fourth-order valence-electron chi connectivity index (χ4n) is 2.91. The van der Waals surface area contributed by atoms with Crippen molar-refractivity contribution in [1.29, 1.82) is 5.26 Å². The molecule has 1 saturated carbocycles. The molecule has 1 fully saturated rings. The summed E-state index contributed by atoms with van der Waals surface area (Å²) in [7, 11) is 0. The fourth-order valence-corrected chi connectivity index (χ4v) is 2.91. The van der Waals surface area contributed by atoms with Crippen LogP contribution in [0.4, 0.5) is 5.69 Å². The monoisotopic (exact) mass is 314 g/mol. The van der Waals surface area contributed by atoms with Gasteiger partial charge in [0.25, 0.3) is 5.91 Å². The minimum Gasteiger partial charge on any atom is -0.369 e. The van der Waals surface area contributed by atoms with Crippen molar-refractivity contribution < 1.29 is 9.59 Å². The number of carbonyl (C=O) groups excluding carboxylic acids is 2. The van der Waals surface area contributed by atoms with Crippen LogP contribution in [0.1, 0.15) is 49.4 Å². The van der Waals surface area contributed by atoms with E-state index < -0.39 is 0 Å². The van der Waals surface area contributed by atoms with E-state index >= 15 is 0 Å². The number of anilines is 1. The van der Waals surface area contributed by atoms with Crippen molar-refractivity contribution in [3.63, 3.8) is 0 Å². The van der Waals surface area contributed by atoms with Crippen LogP contribution in [-0.4, -0.2) is 29.3 Å². The Balaban J connectivity index is 1.96. The van der Waals surface area contributed by atoms with Crippen molar-refractivity contribution in [2.75, 3.05) is 5.32 Å². The van der Waals surface area contributed by atoms with Gasteiger partial charge in [-0.1, -0.05) is 0 Å². The van der Waals surface area contributed by atoms with Crippen LogP contribution in [0.3, 0.4) is 0 Å². The van der Waals surface area contributed by atoms with Gasteiger partial charge in [-0.2, -0.15) is 5.26 Å². The number of nitrogens with zero attached hydrogens (tertiary/aromatic N) is 2. The van der Waals surface area contributed by atoms with Gasteiger partial charge >= 0.3 is 0 Å². The zero-order valence-corrected chi connectivity index (χ0v) is 13.3. The molecule has 122 valence electrons. The topological polar surface area (TPSA) is 94.9 Å². The quantitative estimate of drug-likeness (QED) is 0.785. The number of hydrogen-bond donors (Lipinski definition) is 2. The van der Waals surface area contributed by atoms with Crippen LogP contribution in [0.5, 0.6) is 0 Å². The summed E-state index contributed by atoms with van der Waals surface area (Å²) in [5.41, 5.74) is 1.06. The SMILES string of the molecule is CC(C#N)Nc1ccncc1C(=O)NC1CCC(CC=O)CC1. The van der Waals surface area contributed by atoms with Crippen LogP contribution < -0.4 is 10.6 Å². The molecule has 0 aromatic carbocycles. The van der Waals surface area contributed by atoms with Gasteiger partial charge in [0.15, 0.2) is 0 Å². The van der Waals surface area contributed by atoms with Crippen LogP contribution in [0.25, 0.3) is 0 Å². The van der Waals surface area contributed by atoms with Gasteiger partial charge in [0, 0.05) is 24.9 Å². The molecule has 1 aromatic heterocycles. The van der Waals surface area contributed by atoms with Crippen molar-refractivity contribution >= 4 is 17.9 Å². The predicted molar refractivity (Wildman–Crippen MR) is 86.8 cm³/mol. The lowest BCUT2D eigenvalue weighted by Crippen LogP contribution is -2.38. The Morgan fingerprint density at radius 2 is 2.22 bits per heavy atom. The highest BCUT2D eigenvalue weighted by atomic mass is 16.1. The summed E-state index contributed by atoms with van der Waals surface area (Å²) in [5, 5.41) is 14.9. The maximum Gasteiger partial charge on any atom is 0.255 e. The normalized spacial score (nSPS) is 21.7. The number of carbonyl (C=O) groups is 2. The van der Waals surface area contributed by atoms with Crippen molar-refractivity contribution in [2.24, 2.45) is 5.92 Å². The molecule has 1 unspecified atom stereocenters. The van der Waals surface area contributed by atoms with E-state index in [1.165, 1.54) is 6.20 Å². The Hall–Kier alpha value is -2.42. The first-order valence-electron chi connectivity index (χ1n) is 7.98. The van der Waals surface area contributed by atoms with Gasteiger partial charge in [0.05, 0.1) is 17.3 Å². The zero-order valence-electron chi connectivity index (χ0n) is 13.3. The van der Waals surface area contributed by atoms with Gasteiger partial charge in [-0.25, -0.2) is 0 Å². The van der Waals surface area contributed by atoms with Crippen LogP contribution in [0.2, 0.25) is 0 Å². The Kier molecular flexibility index (Phi) is 6.10. The molecule has 2 rings (SSSR count). The fraction of sp³-hybridized carbons (Fsp3) is 0.529. The number of amides is 1. The molecule has 0 saturated heterocycles. The molecule has 1 aromatic rings. The maximum atomic E-state index is 12.5. The first-order valence-corrected chi connectivity index (χ1v) is 7.98. The lowest BCUT2D eigenvalue weighted by Gasteiger charge is -2.28. The molecule has 0 radical (unpaired) electrons. The van der Waals surface area contributed by atoms with E-state index in [4.69, 9.17) is 5.26 Å². The molecule has 0 spiro atoms. The number of aromatic nitrogens is 1. The highest BCUT2D eigenvalue weighted by Crippen LogP contribution is 2.26. The van der Waals surface area contributed by atoms with E-state index in [1.807, 2.05) is 0 Å². The molecule has 23 heavy (non-hydrogen) atoms. The lowest BCUT2D eigenvalue weighted by atomic mass is 9.84. The molecule has 1 heterocycles. The number of pyridine rings is 1. The molecule has 1 amide bonds. The van der Waals surface area contributed by atoms with Gasteiger partial charge in [0.1, 0.15) is 12.3 Å². The first kappa shape index (κ1) is 16.9. The average molecular weight is 314 g/mol. The minimum absolute atomic E-state index is 0.131. The van der Waals surface area contributed by atoms with E-state index in [2.05, 4.69) is 21.7 Å². The van der Waals surface area contributed by atoms with Crippen molar-refractivity contribution in [3.05, 3.63) is 24.0 Å². The van der Waals surface area contributed by atoms with Gasteiger partial charge in [-0.3, -0.25) is 9.78 Å². The van der Waals surface area contributed by atoms with Gasteiger partial charge in [-0.05, 0) is 44.6 Å². The van der Waals surface area contributed by atoms with Crippen molar-refractivity contribution in [3.8, 4) is 6.07 Å². The van der Waals surface area contributed by atoms with Crippen molar-refractivity contribution in [1.82, 2.24) is 10.3 Å². The number of aldehydes is 1. The average Bonchev–Trinajstić information content (AvgIpc) is 2.57. The molecule has 1 atom stereocenters. The molecular formula is C17H22N4O2. The Morgan fingerprint density at radius 1 is 1.48 bits per heavy atom. The maximum absolute atomic E-state index is 12.5. The molecule has 1 aliphatic rings. The lowest BCUT2D eigenvalue weighted by molar-refractivity contribution is -0.108.